The first kappa shape index (κ1) is 13.5. The van der Waals surface area contributed by atoms with Gasteiger partial charge in [0.25, 0.3) is 0 Å². The van der Waals surface area contributed by atoms with Crippen molar-refractivity contribution in [3.05, 3.63) is 22.4 Å². The minimum Gasteiger partial charge on any atom is -0.444 e. The highest BCUT2D eigenvalue weighted by Crippen LogP contribution is 2.30. The van der Waals surface area contributed by atoms with Crippen LogP contribution in [-0.2, 0) is 4.74 Å². The zero-order chi connectivity index (χ0) is 14.2. The summed E-state index contributed by atoms with van der Waals surface area (Å²) in [5.41, 5.74) is 2.87. The van der Waals surface area contributed by atoms with Gasteiger partial charge in [0.15, 0.2) is 0 Å². The molecular weight excluding hydrogens is 286 g/mol. The van der Waals surface area contributed by atoms with Crippen molar-refractivity contribution in [2.45, 2.75) is 24.9 Å². The summed E-state index contributed by atoms with van der Waals surface area (Å²) in [6.45, 7) is 5.02. The molecule has 1 atom stereocenters. The van der Waals surface area contributed by atoms with Gasteiger partial charge in [-0.05, 0) is 43.3 Å². The molecule has 5 rings (SSSR count). The minimum absolute atomic E-state index is 0.0851. The number of piperidine rings is 3. The fourth-order valence-corrected chi connectivity index (χ4v) is 4.42. The van der Waals surface area contributed by atoms with E-state index in [0.29, 0.717) is 11.8 Å². The maximum atomic E-state index is 12.0. The summed E-state index contributed by atoms with van der Waals surface area (Å²) in [6.07, 6.45) is 2.14. The smallest absolute Gasteiger partial charge is 0.422 e. The molecule has 1 amide bonds. The molecule has 0 saturated carbocycles. The lowest BCUT2D eigenvalue weighted by Gasteiger charge is -2.44. The molecule has 0 unspecified atom stereocenters. The number of hydrazine groups is 1. The van der Waals surface area contributed by atoms with Gasteiger partial charge in [0.2, 0.25) is 0 Å². The monoisotopic (exact) mass is 307 g/mol. The lowest BCUT2D eigenvalue weighted by molar-refractivity contribution is -0.0432. The van der Waals surface area contributed by atoms with E-state index in [1.165, 1.54) is 30.8 Å². The van der Waals surface area contributed by atoms with Crippen LogP contribution in [0.4, 0.5) is 4.79 Å². The summed E-state index contributed by atoms with van der Waals surface area (Å²) in [5, 5.41) is 4.06. The zero-order valence-corrected chi connectivity index (χ0v) is 12.8. The largest absolute Gasteiger partial charge is 0.444 e. The summed E-state index contributed by atoms with van der Waals surface area (Å²) in [4.78, 5) is 15.8. The number of carbonyl (C=O) groups is 1. The summed E-state index contributed by atoms with van der Waals surface area (Å²) < 4.78 is 5.63. The Labute approximate surface area is 128 Å². The van der Waals surface area contributed by atoms with Crippen LogP contribution in [0.15, 0.2) is 17.5 Å². The van der Waals surface area contributed by atoms with E-state index in [9.17, 15) is 4.79 Å². The number of nitrogens with zero attached hydrogens (tertiary/aromatic N) is 2. The fourth-order valence-electron chi connectivity index (χ4n) is 3.61. The first-order valence-corrected chi connectivity index (χ1v) is 8.64. The fraction of sp³-hybridized carbons (Fsp3) is 0.667. The maximum absolute atomic E-state index is 12.0. The molecule has 1 aromatic heterocycles. The van der Waals surface area contributed by atoms with Crippen LogP contribution in [0.25, 0.3) is 0 Å². The van der Waals surface area contributed by atoms with Gasteiger partial charge in [0.05, 0.1) is 0 Å². The number of amides is 1. The number of hydrogen-bond acceptors (Lipinski definition) is 5. The first-order valence-electron chi connectivity index (χ1n) is 7.76. The average Bonchev–Trinajstić information content (AvgIpc) is 2.97. The van der Waals surface area contributed by atoms with Gasteiger partial charge in [-0.2, -0.15) is 0 Å². The van der Waals surface area contributed by atoms with E-state index >= 15 is 0 Å². The topological polar surface area (TPSA) is 44.8 Å². The molecule has 5 heterocycles. The van der Waals surface area contributed by atoms with Crippen molar-refractivity contribution in [1.82, 2.24) is 15.3 Å². The quantitative estimate of drug-likeness (QED) is 0.926. The first-order chi connectivity index (χ1) is 10.3. The number of nitrogens with one attached hydrogen (secondary N) is 1. The minimum atomic E-state index is -0.279. The predicted octanol–water partition coefficient (Wildman–Crippen LogP) is 1.88. The molecular formula is C15H21N3O2S. The van der Waals surface area contributed by atoms with Crippen molar-refractivity contribution < 1.29 is 9.53 Å². The van der Waals surface area contributed by atoms with Gasteiger partial charge in [-0.25, -0.2) is 9.80 Å². The molecule has 1 aromatic rings. The second-order valence-corrected chi connectivity index (χ2v) is 7.29. The molecule has 1 N–H and O–H groups in total. The third kappa shape index (κ3) is 2.80. The molecule has 5 nitrogen and oxygen atoms in total. The Kier molecular flexibility index (Phi) is 3.61. The van der Waals surface area contributed by atoms with Crippen LogP contribution in [0.3, 0.4) is 0 Å². The zero-order valence-electron chi connectivity index (χ0n) is 12.0. The van der Waals surface area contributed by atoms with E-state index in [1.807, 2.05) is 5.01 Å². The number of thiophene rings is 1. The Hall–Kier alpha value is -1.11. The van der Waals surface area contributed by atoms with Gasteiger partial charge in [-0.15, -0.1) is 11.3 Å². The van der Waals surface area contributed by atoms with Crippen LogP contribution in [-0.4, -0.2) is 54.8 Å². The Balaban J connectivity index is 1.22. The van der Waals surface area contributed by atoms with Gasteiger partial charge < -0.3 is 4.74 Å². The highest BCUT2D eigenvalue weighted by Gasteiger charge is 2.37. The van der Waals surface area contributed by atoms with Gasteiger partial charge in [-0.3, -0.25) is 10.3 Å². The molecule has 4 aliphatic rings. The predicted molar refractivity (Wildman–Crippen MR) is 81.2 cm³/mol. The summed E-state index contributed by atoms with van der Waals surface area (Å²) in [7, 11) is 0. The van der Waals surface area contributed by atoms with Crippen LogP contribution in [0.1, 0.15) is 23.6 Å². The number of ether oxygens (including phenoxy) is 1. The summed E-state index contributed by atoms with van der Waals surface area (Å²) in [5.74, 6) is 1.12. The molecule has 0 radical (unpaired) electrons. The normalized spacial score (nSPS) is 32.7. The van der Waals surface area contributed by atoms with Gasteiger partial charge in [-0.1, -0.05) is 6.07 Å². The molecule has 0 aliphatic carbocycles. The van der Waals surface area contributed by atoms with E-state index in [4.69, 9.17) is 4.74 Å². The number of hydrogen-bond donors (Lipinski definition) is 1. The lowest BCUT2D eigenvalue weighted by Crippen LogP contribution is -2.57. The van der Waals surface area contributed by atoms with Gasteiger partial charge in [0, 0.05) is 30.4 Å². The molecule has 4 aliphatic heterocycles. The van der Waals surface area contributed by atoms with Crippen molar-refractivity contribution in [2.75, 3.05) is 32.7 Å². The van der Waals surface area contributed by atoms with Gasteiger partial charge >= 0.3 is 6.09 Å². The second kappa shape index (κ2) is 5.59. The molecule has 2 bridgehead atoms. The number of fused-ring (bicyclic) bond motifs is 3. The molecule has 6 heteroatoms. The van der Waals surface area contributed by atoms with Crippen LogP contribution < -0.4 is 5.43 Å². The van der Waals surface area contributed by atoms with E-state index < -0.39 is 0 Å². The van der Waals surface area contributed by atoms with Crippen LogP contribution in [0.5, 0.6) is 0 Å². The van der Waals surface area contributed by atoms with Gasteiger partial charge in [0.1, 0.15) is 6.10 Å². The third-order valence-electron chi connectivity index (χ3n) is 4.93. The average molecular weight is 307 g/mol. The molecule has 0 aromatic carbocycles. The van der Waals surface area contributed by atoms with Crippen LogP contribution in [0, 0.1) is 5.92 Å². The summed E-state index contributed by atoms with van der Waals surface area (Å²) in [6, 6.07) is 4.25. The maximum Gasteiger partial charge on any atom is 0.422 e. The van der Waals surface area contributed by atoms with Crippen molar-refractivity contribution in [3.8, 4) is 0 Å². The highest BCUT2D eigenvalue weighted by atomic mass is 32.1. The molecule has 4 fully saturated rings. The highest BCUT2D eigenvalue weighted by molar-refractivity contribution is 7.10. The van der Waals surface area contributed by atoms with E-state index in [0.717, 1.165) is 19.6 Å². The molecule has 114 valence electrons. The van der Waals surface area contributed by atoms with Crippen molar-refractivity contribution in [1.29, 1.82) is 0 Å². The lowest BCUT2D eigenvalue weighted by atomic mass is 9.86. The van der Waals surface area contributed by atoms with E-state index in [-0.39, 0.29) is 12.2 Å². The molecule has 21 heavy (non-hydrogen) atoms. The Morgan fingerprint density at radius 1 is 1.29 bits per heavy atom. The summed E-state index contributed by atoms with van der Waals surface area (Å²) >= 11 is 1.79. The Bertz CT molecular complexity index is 493. The SMILES string of the molecule is O=C(NN1CC(c2cccs2)C1)O[C@H]1CN2CCC1CC2. The van der Waals surface area contributed by atoms with Crippen molar-refractivity contribution >= 4 is 17.4 Å². The standard InChI is InChI=1S/C15H21N3O2S/c19-15(20-13-10-17-5-3-11(13)4-6-17)16-18-8-12(9-18)14-2-1-7-21-14/h1-2,7,11-13H,3-6,8-10H2,(H,16,19)/t13-/m0/s1. The third-order valence-corrected chi connectivity index (χ3v) is 5.97. The molecule has 0 spiro atoms. The van der Waals surface area contributed by atoms with Crippen LogP contribution in [0.2, 0.25) is 0 Å². The number of rotatable bonds is 3. The van der Waals surface area contributed by atoms with Crippen molar-refractivity contribution in [2.24, 2.45) is 5.92 Å². The van der Waals surface area contributed by atoms with Crippen LogP contribution >= 0.6 is 11.3 Å². The van der Waals surface area contributed by atoms with E-state index in [1.54, 1.807) is 11.3 Å². The molecule has 4 saturated heterocycles. The number of carbonyl (C=O) groups excluding carboxylic acids is 1. The Morgan fingerprint density at radius 3 is 2.71 bits per heavy atom. The second-order valence-electron chi connectivity index (χ2n) is 6.31. The Morgan fingerprint density at radius 2 is 2.10 bits per heavy atom. The van der Waals surface area contributed by atoms with E-state index in [2.05, 4.69) is 27.8 Å². The van der Waals surface area contributed by atoms with Crippen molar-refractivity contribution in [3.63, 3.8) is 0 Å².